The number of carbonyl (C=O) groups excluding carboxylic acids is 1. The molecule has 1 N–H and O–H groups in total. The molecule has 2 atom stereocenters. The van der Waals surface area contributed by atoms with Crippen LogP contribution >= 0.6 is 31.9 Å². The fourth-order valence-corrected chi connectivity index (χ4v) is 4.05. The van der Waals surface area contributed by atoms with Crippen LogP contribution in [0.1, 0.15) is 37.4 Å². The molecule has 0 radical (unpaired) electrons. The molecule has 0 fully saturated rings. The van der Waals surface area contributed by atoms with Crippen molar-refractivity contribution in [3.05, 3.63) is 26.1 Å². The van der Waals surface area contributed by atoms with Gasteiger partial charge in [-0.2, -0.15) is 0 Å². The van der Waals surface area contributed by atoms with E-state index in [0.717, 1.165) is 20.1 Å². The highest BCUT2D eigenvalue weighted by Gasteiger charge is 2.35. The molecule has 2 rings (SSSR count). The Hall–Kier alpha value is -1.08. The first kappa shape index (κ1) is 17.3. The van der Waals surface area contributed by atoms with Gasteiger partial charge >= 0.3 is 5.97 Å². The maximum absolute atomic E-state index is 12.4. The zero-order valence-corrected chi connectivity index (χ0v) is 15.7. The standard InChI is InChI=1S/C15H17Br2NO4/c1-7(15(20)21)4-12(19)18-6-9-13(8(18)2)10(16)5-11(22-3)14(9)17/h5,7-8H,4,6H2,1-3H3,(H,20,21)/t7-,8?/m0/s1. The summed E-state index contributed by atoms with van der Waals surface area (Å²) in [6, 6.07) is 1.76. The monoisotopic (exact) mass is 433 g/mol. The summed E-state index contributed by atoms with van der Waals surface area (Å²) < 4.78 is 7.04. The molecule has 22 heavy (non-hydrogen) atoms. The van der Waals surface area contributed by atoms with Gasteiger partial charge in [-0.15, -0.1) is 0 Å². The van der Waals surface area contributed by atoms with E-state index in [1.165, 1.54) is 0 Å². The van der Waals surface area contributed by atoms with E-state index in [0.29, 0.717) is 12.3 Å². The van der Waals surface area contributed by atoms with Gasteiger partial charge < -0.3 is 14.7 Å². The topological polar surface area (TPSA) is 66.8 Å². The van der Waals surface area contributed by atoms with E-state index < -0.39 is 11.9 Å². The summed E-state index contributed by atoms with van der Waals surface area (Å²) in [4.78, 5) is 25.1. The van der Waals surface area contributed by atoms with Gasteiger partial charge in [-0.1, -0.05) is 22.9 Å². The van der Waals surface area contributed by atoms with Crippen LogP contribution in [0.5, 0.6) is 5.75 Å². The van der Waals surface area contributed by atoms with Crippen molar-refractivity contribution in [2.24, 2.45) is 5.92 Å². The molecule has 1 aliphatic rings. The third-order valence-electron chi connectivity index (χ3n) is 3.98. The van der Waals surface area contributed by atoms with Gasteiger partial charge in [0.05, 0.1) is 23.5 Å². The summed E-state index contributed by atoms with van der Waals surface area (Å²) in [5.41, 5.74) is 2.03. The second kappa shape index (κ2) is 6.58. The van der Waals surface area contributed by atoms with Gasteiger partial charge in [-0.05, 0) is 40.0 Å². The molecule has 0 saturated carbocycles. The number of nitrogens with zero attached hydrogens (tertiary/aromatic N) is 1. The van der Waals surface area contributed by atoms with Crippen LogP contribution in [0, 0.1) is 5.92 Å². The lowest BCUT2D eigenvalue weighted by Gasteiger charge is -2.23. The average molecular weight is 435 g/mol. The van der Waals surface area contributed by atoms with Crippen LogP contribution in [0.25, 0.3) is 0 Å². The summed E-state index contributed by atoms with van der Waals surface area (Å²) in [5, 5.41) is 8.97. The Balaban J connectivity index is 2.30. The lowest BCUT2D eigenvalue weighted by atomic mass is 10.1. The normalized spacial score (nSPS) is 18.0. The van der Waals surface area contributed by atoms with Crippen molar-refractivity contribution in [3.63, 3.8) is 0 Å². The van der Waals surface area contributed by atoms with E-state index in [1.54, 1.807) is 18.9 Å². The predicted octanol–water partition coefficient (Wildman–Crippen LogP) is 3.73. The first-order valence-corrected chi connectivity index (χ1v) is 8.43. The number of fused-ring (bicyclic) bond motifs is 1. The summed E-state index contributed by atoms with van der Waals surface area (Å²) in [7, 11) is 1.59. The Bertz CT molecular complexity index is 632. The quantitative estimate of drug-likeness (QED) is 0.783. The molecule has 0 spiro atoms. The minimum atomic E-state index is -0.957. The molecular formula is C15H17Br2NO4. The number of rotatable bonds is 4. The summed E-state index contributed by atoms with van der Waals surface area (Å²) >= 11 is 7.06. The zero-order chi connectivity index (χ0) is 16.6. The van der Waals surface area contributed by atoms with Crippen molar-refractivity contribution in [2.45, 2.75) is 32.9 Å². The Kier molecular flexibility index (Phi) is 5.17. The van der Waals surface area contributed by atoms with E-state index in [-0.39, 0.29) is 18.4 Å². The lowest BCUT2D eigenvalue weighted by molar-refractivity contribution is -0.145. The van der Waals surface area contributed by atoms with Crippen molar-refractivity contribution < 1.29 is 19.4 Å². The zero-order valence-electron chi connectivity index (χ0n) is 12.5. The highest BCUT2D eigenvalue weighted by molar-refractivity contribution is 9.11. The molecule has 0 aromatic heterocycles. The number of methoxy groups -OCH3 is 1. The highest BCUT2D eigenvalue weighted by atomic mass is 79.9. The Morgan fingerprint density at radius 3 is 2.68 bits per heavy atom. The third kappa shape index (κ3) is 3.01. The number of benzene rings is 1. The Labute approximate surface area is 145 Å². The molecule has 1 aromatic carbocycles. The number of carboxylic acids is 1. The molecule has 1 amide bonds. The number of hydrogen-bond donors (Lipinski definition) is 1. The van der Waals surface area contributed by atoms with Crippen molar-refractivity contribution in [3.8, 4) is 5.75 Å². The Morgan fingerprint density at radius 2 is 2.14 bits per heavy atom. The van der Waals surface area contributed by atoms with Gasteiger partial charge in [-0.25, -0.2) is 0 Å². The molecule has 0 saturated heterocycles. The summed E-state index contributed by atoms with van der Waals surface area (Å²) in [5.74, 6) is -1.10. The number of amides is 1. The average Bonchev–Trinajstić information content (AvgIpc) is 2.81. The van der Waals surface area contributed by atoms with Gasteiger partial charge in [-0.3, -0.25) is 9.59 Å². The SMILES string of the molecule is COc1cc(Br)c2c(c1Br)CN(C(=O)C[C@H](C)C(=O)O)C2C. The molecular weight excluding hydrogens is 418 g/mol. The van der Waals surface area contributed by atoms with Crippen molar-refractivity contribution in [2.75, 3.05) is 7.11 Å². The first-order valence-electron chi connectivity index (χ1n) is 6.84. The van der Waals surface area contributed by atoms with Crippen LogP contribution in [0.15, 0.2) is 15.0 Å². The first-order chi connectivity index (χ1) is 10.3. The van der Waals surface area contributed by atoms with Gasteiger partial charge in [0, 0.05) is 17.4 Å². The van der Waals surface area contributed by atoms with E-state index in [1.807, 2.05) is 13.0 Å². The van der Waals surface area contributed by atoms with E-state index >= 15 is 0 Å². The number of carboxylic acid groups (broad SMARTS) is 1. The van der Waals surface area contributed by atoms with Crippen molar-refractivity contribution in [1.82, 2.24) is 4.90 Å². The minimum Gasteiger partial charge on any atom is -0.496 e. The highest BCUT2D eigenvalue weighted by Crippen LogP contribution is 2.46. The minimum absolute atomic E-state index is 0.0000346. The van der Waals surface area contributed by atoms with Gasteiger partial charge in [0.2, 0.25) is 5.91 Å². The van der Waals surface area contributed by atoms with Crippen LogP contribution in [0.4, 0.5) is 0 Å². The second-order valence-corrected chi connectivity index (χ2v) is 7.06. The van der Waals surface area contributed by atoms with E-state index in [2.05, 4.69) is 31.9 Å². The largest absolute Gasteiger partial charge is 0.496 e. The molecule has 7 heteroatoms. The van der Waals surface area contributed by atoms with Gasteiger partial charge in [0.25, 0.3) is 0 Å². The molecule has 0 aliphatic carbocycles. The van der Waals surface area contributed by atoms with Crippen molar-refractivity contribution in [1.29, 1.82) is 0 Å². The molecule has 1 aliphatic heterocycles. The number of carbonyl (C=O) groups is 2. The fraction of sp³-hybridized carbons (Fsp3) is 0.467. The smallest absolute Gasteiger partial charge is 0.306 e. The Morgan fingerprint density at radius 1 is 1.50 bits per heavy atom. The maximum atomic E-state index is 12.4. The molecule has 5 nitrogen and oxygen atoms in total. The molecule has 1 aromatic rings. The number of ether oxygens (including phenoxy) is 1. The predicted molar refractivity (Wildman–Crippen MR) is 88.8 cm³/mol. The molecule has 120 valence electrons. The second-order valence-electron chi connectivity index (χ2n) is 5.41. The van der Waals surface area contributed by atoms with E-state index in [4.69, 9.17) is 9.84 Å². The number of hydrogen-bond acceptors (Lipinski definition) is 3. The number of halogens is 2. The summed E-state index contributed by atoms with van der Waals surface area (Å²) in [6.45, 7) is 3.93. The van der Waals surface area contributed by atoms with Gasteiger partial charge in [0.15, 0.2) is 0 Å². The van der Waals surface area contributed by atoms with Crippen LogP contribution in [-0.4, -0.2) is 29.0 Å². The third-order valence-corrected chi connectivity index (χ3v) is 5.50. The fourth-order valence-electron chi connectivity index (χ4n) is 2.66. The van der Waals surface area contributed by atoms with Gasteiger partial charge in [0.1, 0.15) is 5.75 Å². The lowest BCUT2D eigenvalue weighted by Crippen LogP contribution is -2.30. The van der Waals surface area contributed by atoms with Crippen LogP contribution in [0.2, 0.25) is 0 Å². The molecule has 0 bridgehead atoms. The van der Waals surface area contributed by atoms with Crippen LogP contribution in [-0.2, 0) is 16.1 Å². The molecule has 1 heterocycles. The summed E-state index contributed by atoms with van der Waals surface area (Å²) in [6.07, 6.45) is 0.0000346. The van der Waals surface area contributed by atoms with E-state index in [9.17, 15) is 9.59 Å². The maximum Gasteiger partial charge on any atom is 0.306 e. The van der Waals surface area contributed by atoms with Crippen LogP contribution in [0.3, 0.4) is 0 Å². The molecule has 1 unspecified atom stereocenters. The van der Waals surface area contributed by atoms with Crippen molar-refractivity contribution >= 4 is 43.7 Å². The van der Waals surface area contributed by atoms with Crippen LogP contribution < -0.4 is 4.74 Å². The number of aliphatic carboxylic acids is 1.